The number of nitriles is 1. The molecule has 0 aliphatic carbocycles. The number of carbonyl (C=O) groups is 1. The monoisotopic (exact) mass is 369 g/mol. The van der Waals surface area contributed by atoms with Crippen LogP contribution in [-0.2, 0) is 4.74 Å². The van der Waals surface area contributed by atoms with Crippen molar-refractivity contribution in [3.8, 4) is 6.07 Å². The molecule has 1 N–H and O–H groups in total. The van der Waals surface area contributed by atoms with Gasteiger partial charge in [-0.25, -0.2) is 4.79 Å². The number of hydrogen-bond donors (Lipinski definition) is 1. The molecule has 3 rings (SSSR count). The molecule has 0 amide bonds. The zero-order chi connectivity index (χ0) is 19.9. The third kappa shape index (κ3) is 4.63. The van der Waals surface area contributed by atoms with Gasteiger partial charge in [0.1, 0.15) is 0 Å². The lowest BCUT2D eigenvalue weighted by Crippen LogP contribution is -2.01. The molecular formula is C23H19N3O2. The quantitative estimate of drug-likeness (QED) is 0.499. The van der Waals surface area contributed by atoms with Crippen molar-refractivity contribution in [3.05, 3.63) is 89.0 Å². The molecule has 138 valence electrons. The highest BCUT2D eigenvalue weighted by Gasteiger charge is 2.10. The SMILES string of the molecule is COC(=O)c1ccc(Nc2ccc(C)cc2)c(N=Cc2ccc(C#N)cc2)c1. The summed E-state index contributed by atoms with van der Waals surface area (Å²) in [5.41, 5.74) is 5.32. The topological polar surface area (TPSA) is 74.5 Å². The highest BCUT2D eigenvalue weighted by atomic mass is 16.5. The number of methoxy groups -OCH3 is 1. The molecule has 3 aromatic rings. The molecule has 0 aliphatic rings. The Morgan fingerprint density at radius 2 is 1.79 bits per heavy atom. The van der Waals surface area contributed by atoms with Gasteiger partial charge in [0.2, 0.25) is 0 Å². The van der Waals surface area contributed by atoms with Crippen LogP contribution in [0, 0.1) is 18.3 Å². The third-order valence-corrected chi connectivity index (χ3v) is 4.14. The van der Waals surface area contributed by atoms with Gasteiger partial charge in [0.25, 0.3) is 0 Å². The molecule has 0 fully saturated rings. The summed E-state index contributed by atoms with van der Waals surface area (Å²) in [5.74, 6) is -0.420. The molecule has 0 unspecified atom stereocenters. The van der Waals surface area contributed by atoms with E-state index < -0.39 is 5.97 Å². The maximum absolute atomic E-state index is 11.9. The smallest absolute Gasteiger partial charge is 0.337 e. The van der Waals surface area contributed by atoms with Crippen LogP contribution < -0.4 is 5.32 Å². The van der Waals surface area contributed by atoms with Crippen molar-refractivity contribution in [1.29, 1.82) is 5.26 Å². The fraction of sp³-hybridized carbons (Fsp3) is 0.0870. The molecule has 0 heterocycles. The van der Waals surface area contributed by atoms with Crippen LogP contribution in [0.1, 0.15) is 27.0 Å². The fourth-order valence-corrected chi connectivity index (χ4v) is 2.57. The summed E-state index contributed by atoms with van der Waals surface area (Å²) in [7, 11) is 1.35. The van der Waals surface area contributed by atoms with E-state index in [2.05, 4.69) is 16.4 Å². The van der Waals surface area contributed by atoms with Crippen LogP contribution in [0.2, 0.25) is 0 Å². The Kier molecular flexibility index (Phi) is 5.83. The van der Waals surface area contributed by atoms with E-state index in [1.807, 2.05) is 43.3 Å². The van der Waals surface area contributed by atoms with Crippen molar-refractivity contribution in [2.24, 2.45) is 4.99 Å². The second kappa shape index (κ2) is 8.65. The van der Waals surface area contributed by atoms with E-state index >= 15 is 0 Å². The molecule has 0 atom stereocenters. The van der Waals surface area contributed by atoms with Gasteiger partial charge >= 0.3 is 5.97 Å². The first-order valence-electron chi connectivity index (χ1n) is 8.69. The average Bonchev–Trinajstić information content (AvgIpc) is 2.74. The highest BCUT2D eigenvalue weighted by Crippen LogP contribution is 2.30. The molecule has 5 nitrogen and oxygen atoms in total. The van der Waals surface area contributed by atoms with Crippen LogP contribution in [0.25, 0.3) is 0 Å². The Morgan fingerprint density at radius 3 is 2.43 bits per heavy atom. The number of aliphatic imine (C=N–C) groups is 1. The standard InChI is InChI=1S/C23H19N3O2/c1-16-3-10-20(11-4-16)26-21-12-9-19(23(27)28-2)13-22(21)25-15-18-7-5-17(14-24)6-8-18/h3-13,15,26H,1-2H3. The maximum Gasteiger partial charge on any atom is 0.337 e. The van der Waals surface area contributed by atoms with E-state index in [-0.39, 0.29) is 0 Å². The number of hydrogen-bond acceptors (Lipinski definition) is 5. The summed E-state index contributed by atoms with van der Waals surface area (Å²) in [6.07, 6.45) is 1.69. The summed E-state index contributed by atoms with van der Waals surface area (Å²) in [6.45, 7) is 2.03. The number of nitrogens with one attached hydrogen (secondary N) is 1. The van der Waals surface area contributed by atoms with Gasteiger partial charge in [0, 0.05) is 11.9 Å². The fourth-order valence-electron chi connectivity index (χ4n) is 2.57. The van der Waals surface area contributed by atoms with E-state index in [1.165, 1.54) is 12.7 Å². The second-order valence-corrected chi connectivity index (χ2v) is 6.21. The van der Waals surface area contributed by atoms with Crippen molar-refractivity contribution < 1.29 is 9.53 Å². The van der Waals surface area contributed by atoms with Crippen molar-refractivity contribution >= 4 is 29.2 Å². The van der Waals surface area contributed by atoms with E-state index in [0.717, 1.165) is 16.9 Å². The van der Waals surface area contributed by atoms with Crippen LogP contribution in [0.4, 0.5) is 17.1 Å². The minimum Gasteiger partial charge on any atom is -0.465 e. The Morgan fingerprint density at radius 1 is 1.07 bits per heavy atom. The lowest BCUT2D eigenvalue weighted by molar-refractivity contribution is 0.0601. The first-order chi connectivity index (χ1) is 13.6. The number of anilines is 2. The molecular weight excluding hydrogens is 350 g/mol. The van der Waals surface area contributed by atoms with Crippen LogP contribution in [0.3, 0.4) is 0 Å². The summed E-state index contributed by atoms with van der Waals surface area (Å²) < 4.78 is 4.81. The van der Waals surface area contributed by atoms with E-state index in [4.69, 9.17) is 10.00 Å². The largest absolute Gasteiger partial charge is 0.465 e. The van der Waals surface area contributed by atoms with Crippen molar-refractivity contribution in [1.82, 2.24) is 0 Å². The Labute approximate surface area is 163 Å². The van der Waals surface area contributed by atoms with Gasteiger partial charge in [-0.15, -0.1) is 0 Å². The highest BCUT2D eigenvalue weighted by molar-refractivity contribution is 5.93. The number of rotatable bonds is 5. The lowest BCUT2D eigenvalue weighted by Gasteiger charge is -2.11. The molecule has 0 bridgehead atoms. The molecule has 0 aromatic heterocycles. The summed E-state index contributed by atoms with van der Waals surface area (Å²) in [5, 5.41) is 12.2. The van der Waals surface area contributed by atoms with Gasteiger partial charge in [0.05, 0.1) is 35.7 Å². The zero-order valence-electron chi connectivity index (χ0n) is 15.6. The number of benzene rings is 3. The van der Waals surface area contributed by atoms with E-state index in [9.17, 15) is 4.79 Å². The zero-order valence-corrected chi connectivity index (χ0v) is 15.6. The van der Waals surface area contributed by atoms with Crippen LogP contribution >= 0.6 is 0 Å². The summed E-state index contributed by atoms with van der Waals surface area (Å²) in [4.78, 5) is 16.4. The number of aryl methyl sites for hydroxylation is 1. The maximum atomic E-state index is 11.9. The average molecular weight is 369 g/mol. The summed E-state index contributed by atoms with van der Waals surface area (Å²) in [6, 6.07) is 22.4. The third-order valence-electron chi connectivity index (χ3n) is 4.14. The molecule has 0 radical (unpaired) electrons. The first kappa shape index (κ1) is 18.9. The predicted molar refractivity (Wildman–Crippen MR) is 111 cm³/mol. The van der Waals surface area contributed by atoms with Gasteiger partial charge in [-0.05, 0) is 55.0 Å². The molecule has 5 heteroatoms. The normalized spacial score (nSPS) is 10.5. The lowest BCUT2D eigenvalue weighted by atomic mass is 10.1. The Hall–Kier alpha value is -3.91. The first-order valence-corrected chi connectivity index (χ1v) is 8.69. The van der Waals surface area contributed by atoms with E-state index in [0.29, 0.717) is 16.8 Å². The number of ether oxygens (including phenoxy) is 1. The minimum atomic E-state index is -0.420. The van der Waals surface area contributed by atoms with Crippen LogP contribution in [0.15, 0.2) is 71.7 Å². The van der Waals surface area contributed by atoms with Crippen molar-refractivity contribution in [2.75, 3.05) is 12.4 Å². The van der Waals surface area contributed by atoms with Gasteiger partial charge in [-0.1, -0.05) is 29.8 Å². The van der Waals surface area contributed by atoms with Crippen LogP contribution in [0.5, 0.6) is 0 Å². The van der Waals surface area contributed by atoms with E-state index in [1.54, 1.807) is 36.5 Å². The second-order valence-electron chi connectivity index (χ2n) is 6.21. The van der Waals surface area contributed by atoms with Gasteiger partial charge in [0.15, 0.2) is 0 Å². The van der Waals surface area contributed by atoms with Gasteiger partial charge in [-0.2, -0.15) is 5.26 Å². The number of nitrogens with zero attached hydrogens (tertiary/aromatic N) is 2. The Bertz CT molecular complexity index is 1050. The molecule has 0 aliphatic heterocycles. The molecule has 3 aromatic carbocycles. The van der Waals surface area contributed by atoms with Crippen molar-refractivity contribution in [2.45, 2.75) is 6.92 Å². The van der Waals surface area contributed by atoms with Crippen LogP contribution in [-0.4, -0.2) is 19.3 Å². The molecule has 28 heavy (non-hydrogen) atoms. The van der Waals surface area contributed by atoms with Gasteiger partial charge in [-0.3, -0.25) is 4.99 Å². The minimum absolute atomic E-state index is 0.420. The van der Waals surface area contributed by atoms with Crippen molar-refractivity contribution in [3.63, 3.8) is 0 Å². The molecule has 0 saturated heterocycles. The van der Waals surface area contributed by atoms with Gasteiger partial charge < -0.3 is 10.1 Å². The predicted octanol–water partition coefficient (Wildman–Crippen LogP) is 5.15. The Balaban J connectivity index is 1.94. The number of esters is 1. The summed E-state index contributed by atoms with van der Waals surface area (Å²) >= 11 is 0. The molecule has 0 saturated carbocycles. The number of carbonyl (C=O) groups excluding carboxylic acids is 1. The molecule has 0 spiro atoms.